The van der Waals surface area contributed by atoms with Crippen LogP contribution in [0.4, 0.5) is 0 Å². The molecule has 0 radical (unpaired) electrons. The van der Waals surface area contributed by atoms with E-state index in [0.717, 1.165) is 0 Å². The van der Waals surface area contributed by atoms with Gasteiger partial charge in [-0.1, -0.05) is 6.92 Å². The van der Waals surface area contributed by atoms with Crippen molar-refractivity contribution in [2.45, 2.75) is 33.3 Å². The highest BCUT2D eigenvalue weighted by molar-refractivity contribution is 5.79. The van der Waals surface area contributed by atoms with Crippen molar-refractivity contribution in [1.29, 1.82) is 0 Å². The van der Waals surface area contributed by atoms with Crippen molar-refractivity contribution in [2.75, 3.05) is 20.3 Å². The number of carbonyl (C=O) groups excluding carboxylic acids is 1. The molecule has 0 spiro atoms. The minimum absolute atomic E-state index is 0.127. The van der Waals surface area contributed by atoms with E-state index in [-0.39, 0.29) is 24.4 Å². The summed E-state index contributed by atoms with van der Waals surface area (Å²) < 4.78 is 10.1. The highest BCUT2D eigenvalue weighted by Gasteiger charge is 2.09. The van der Waals surface area contributed by atoms with Crippen molar-refractivity contribution in [3.63, 3.8) is 0 Å². The van der Waals surface area contributed by atoms with Crippen LogP contribution in [-0.2, 0) is 14.3 Å². The normalized spacial score (nSPS) is 13.3. The average Bonchev–Trinajstić information content (AvgIpc) is 2.01. The Hall–Kier alpha value is -0.410. The van der Waals surface area contributed by atoms with Gasteiger partial charge in [0.05, 0.1) is 6.10 Å². The van der Waals surface area contributed by atoms with Crippen LogP contribution in [0, 0.1) is 5.92 Å². The molecule has 0 saturated heterocycles. The van der Waals surface area contributed by atoms with Gasteiger partial charge >= 0.3 is 0 Å². The van der Waals surface area contributed by atoms with E-state index in [1.807, 2.05) is 20.8 Å². The van der Waals surface area contributed by atoms with E-state index < -0.39 is 0 Å². The Morgan fingerprint density at radius 3 is 2.38 bits per heavy atom. The fraction of sp³-hybridized carbons (Fsp3) is 0.900. The maximum absolute atomic E-state index is 11.3. The van der Waals surface area contributed by atoms with E-state index in [4.69, 9.17) is 9.47 Å². The average molecular weight is 188 g/mol. The Bertz CT molecular complexity index is 143. The smallest absolute Gasteiger partial charge is 0.158 e. The van der Waals surface area contributed by atoms with E-state index >= 15 is 0 Å². The lowest BCUT2D eigenvalue weighted by molar-refractivity contribution is -0.126. The predicted octanol–water partition coefficient (Wildman–Crippen LogP) is 1.65. The van der Waals surface area contributed by atoms with Crippen LogP contribution in [0.25, 0.3) is 0 Å². The zero-order chi connectivity index (χ0) is 10.3. The second-order valence-corrected chi connectivity index (χ2v) is 3.66. The summed E-state index contributed by atoms with van der Waals surface area (Å²) in [6.07, 6.45) is 0.669. The first-order valence-corrected chi connectivity index (χ1v) is 4.68. The van der Waals surface area contributed by atoms with Crippen LogP contribution in [0.5, 0.6) is 0 Å². The van der Waals surface area contributed by atoms with Crippen molar-refractivity contribution in [3.8, 4) is 0 Å². The Balaban J connectivity index is 3.50. The number of ketones is 1. The molecule has 0 aromatic carbocycles. The van der Waals surface area contributed by atoms with Crippen LogP contribution in [0.1, 0.15) is 27.2 Å². The first-order chi connectivity index (χ1) is 6.06. The summed E-state index contributed by atoms with van der Waals surface area (Å²) in [6, 6.07) is 0. The maximum atomic E-state index is 11.3. The van der Waals surface area contributed by atoms with Crippen LogP contribution in [0.3, 0.4) is 0 Å². The molecule has 0 aliphatic rings. The van der Waals surface area contributed by atoms with Crippen molar-refractivity contribution >= 4 is 5.78 Å². The summed E-state index contributed by atoms with van der Waals surface area (Å²) in [4.78, 5) is 11.3. The molecule has 1 unspecified atom stereocenters. The lowest BCUT2D eigenvalue weighted by Crippen LogP contribution is -2.17. The molecule has 1 atom stereocenters. The maximum Gasteiger partial charge on any atom is 0.158 e. The number of carbonyl (C=O) groups is 1. The van der Waals surface area contributed by atoms with Gasteiger partial charge in [0, 0.05) is 20.1 Å². The van der Waals surface area contributed by atoms with Gasteiger partial charge in [0.2, 0.25) is 0 Å². The third-order valence-electron chi connectivity index (χ3n) is 1.60. The molecule has 0 fully saturated rings. The van der Waals surface area contributed by atoms with Gasteiger partial charge in [0.15, 0.2) is 5.78 Å². The highest BCUT2D eigenvalue weighted by atomic mass is 16.5. The largest absolute Gasteiger partial charge is 0.384 e. The van der Waals surface area contributed by atoms with Gasteiger partial charge in [-0.25, -0.2) is 0 Å². The standard InChI is InChI=1S/C10H20O3/c1-8(2)13-7-10(11)5-9(3)6-12-4/h8-9H,5-7H2,1-4H3. The minimum Gasteiger partial charge on any atom is -0.384 e. The summed E-state index contributed by atoms with van der Waals surface area (Å²) in [5.41, 5.74) is 0. The number of Topliss-reactive ketones (excluding diaryl/α,β-unsaturated/α-hetero) is 1. The fourth-order valence-electron chi connectivity index (χ4n) is 1.05. The molecule has 0 aromatic rings. The highest BCUT2D eigenvalue weighted by Crippen LogP contribution is 2.03. The molecule has 3 nitrogen and oxygen atoms in total. The molecule has 0 rings (SSSR count). The van der Waals surface area contributed by atoms with Crippen molar-refractivity contribution in [2.24, 2.45) is 5.92 Å². The first kappa shape index (κ1) is 12.6. The summed E-state index contributed by atoms with van der Waals surface area (Å²) in [6.45, 7) is 6.70. The molecular weight excluding hydrogens is 168 g/mol. The molecule has 0 N–H and O–H groups in total. The quantitative estimate of drug-likeness (QED) is 0.609. The molecule has 3 heteroatoms. The molecule has 0 heterocycles. The SMILES string of the molecule is COCC(C)CC(=O)COC(C)C. The van der Waals surface area contributed by atoms with Crippen molar-refractivity contribution in [1.82, 2.24) is 0 Å². The number of ether oxygens (including phenoxy) is 2. The number of methoxy groups -OCH3 is 1. The Kier molecular flexibility index (Phi) is 6.82. The van der Waals surface area contributed by atoms with Crippen LogP contribution in [-0.4, -0.2) is 32.2 Å². The van der Waals surface area contributed by atoms with Crippen LogP contribution < -0.4 is 0 Å². The fourth-order valence-corrected chi connectivity index (χ4v) is 1.05. The molecular formula is C10H20O3. The van der Waals surface area contributed by atoms with E-state index in [9.17, 15) is 4.79 Å². The molecule has 0 amide bonds. The Labute approximate surface area is 80.4 Å². The number of hydrogen-bond donors (Lipinski definition) is 0. The van der Waals surface area contributed by atoms with Crippen molar-refractivity contribution in [3.05, 3.63) is 0 Å². The van der Waals surface area contributed by atoms with E-state index in [1.165, 1.54) is 0 Å². The van der Waals surface area contributed by atoms with E-state index in [2.05, 4.69) is 0 Å². The van der Waals surface area contributed by atoms with Gasteiger partial charge in [-0.05, 0) is 19.8 Å². The molecule has 0 aliphatic heterocycles. The zero-order valence-corrected chi connectivity index (χ0v) is 9.00. The van der Waals surface area contributed by atoms with E-state index in [0.29, 0.717) is 13.0 Å². The molecule has 13 heavy (non-hydrogen) atoms. The molecule has 0 aliphatic carbocycles. The summed E-state index contributed by atoms with van der Waals surface area (Å²) >= 11 is 0. The minimum atomic E-state index is 0.127. The molecule has 78 valence electrons. The molecule has 0 saturated carbocycles. The topological polar surface area (TPSA) is 35.5 Å². The van der Waals surface area contributed by atoms with Gasteiger partial charge in [-0.3, -0.25) is 4.79 Å². The lowest BCUT2D eigenvalue weighted by atomic mass is 10.1. The summed E-state index contributed by atoms with van der Waals surface area (Å²) in [5.74, 6) is 0.437. The second-order valence-electron chi connectivity index (χ2n) is 3.66. The lowest BCUT2D eigenvalue weighted by Gasteiger charge is -2.10. The summed E-state index contributed by atoms with van der Waals surface area (Å²) in [7, 11) is 1.64. The van der Waals surface area contributed by atoms with Crippen molar-refractivity contribution < 1.29 is 14.3 Å². The Morgan fingerprint density at radius 2 is 1.92 bits per heavy atom. The van der Waals surface area contributed by atoms with Gasteiger partial charge in [-0.2, -0.15) is 0 Å². The van der Waals surface area contributed by atoms with Crippen LogP contribution in [0.2, 0.25) is 0 Å². The predicted molar refractivity (Wildman–Crippen MR) is 51.8 cm³/mol. The first-order valence-electron chi connectivity index (χ1n) is 4.68. The number of rotatable bonds is 7. The van der Waals surface area contributed by atoms with E-state index in [1.54, 1.807) is 7.11 Å². The number of hydrogen-bond acceptors (Lipinski definition) is 3. The zero-order valence-electron chi connectivity index (χ0n) is 9.00. The van der Waals surface area contributed by atoms with Gasteiger partial charge in [-0.15, -0.1) is 0 Å². The molecule has 0 aromatic heterocycles. The van der Waals surface area contributed by atoms with Gasteiger partial charge in [0.25, 0.3) is 0 Å². The second kappa shape index (κ2) is 7.04. The molecule has 0 bridgehead atoms. The van der Waals surface area contributed by atoms with Gasteiger partial charge < -0.3 is 9.47 Å². The third-order valence-corrected chi connectivity index (χ3v) is 1.60. The summed E-state index contributed by atoms with van der Waals surface area (Å²) in [5, 5.41) is 0. The van der Waals surface area contributed by atoms with Gasteiger partial charge in [0.1, 0.15) is 6.61 Å². The Morgan fingerprint density at radius 1 is 1.31 bits per heavy atom. The third kappa shape index (κ3) is 7.94. The van der Waals surface area contributed by atoms with Crippen LogP contribution >= 0.6 is 0 Å². The van der Waals surface area contributed by atoms with Crippen LogP contribution in [0.15, 0.2) is 0 Å². The monoisotopic (exact) mass is 188 g/mol.